The van der Waals surface area contributed by atoms with Gasteiger partial charge in [0.1, 0.15) is 0 Å². The Morgan fingerprint density at radius 1 is 1.19 bits per heavy atom. The molecule has 1 aliphatic heterocycles. The Balaban J connectivity index is 1.76. The van der Waals surface area contributed by atoms with Gasteiger partial charge in [0.05, 0.1) is 5.60 Å². The number of rotatable bonds is 3. The normalized spacial score (nSPS) is 44.8. The first kappa shape index (κ1) is 12.4. The molecule has 0 aromatic rings. The van der Waals surface area contributed by atoms with Gasteiger partial charge in [-0.15, -0.1) is 0 Å². The molecular formula is C14H27NO. The lowest BCUT2D eigenvalue weighted by Crippen LogP contribution is -2.44. The molecule has 0 radical (unpaired) electrons. The Morgan fingerprint density at radius 2 is 1.88 bits per heavy atom. The highest BCUT2D eigenvalue weighted by Crippen LogP contribution is 2.30. The van der Waals surface area contributed by atoms with Crippen LogP contribution in [0.2, 0.25) is 0 Å². The summed E-state index contributed by atoms with van der Waals surface area (Å²) in [6, 6.07) is 0.722. The monoisotopic (exact) mass is 225 g/mol. The van der Waals surface area contributed by atoms with E-state index in [1.807, 2.05) is 0 Å². The topological polar surface area (TPSA) is 21.3 Å². The summed E-state index contributed by atoms with van der Waals surface area (Å²) >= 11 is 0. The van der Waals surface area contributed by atoms with E-state index in [1.165, 1.54) is 32.1 Å². The van der Waals surface area contributed by atoms with Crippen molar-refractivity contribution in [2.24, 2.45) is 11.8 Å². The largest absolute Gasteiger partial charge is 0.374 e. The average molecular weight is 225 g/mol. The minimum Gasteiger partial charge on any atom is -0.374 e. The van der Waals surface area contributed by atoms with E-state index in [0.717, 1.165) is 31.0 Å². The van der Waals surface area contributed by atoms with Gasteiger partial charge in [-0.3, -0.25) is 0 Å². The molecule has 0 aromatic heterocycles. The second-order valence-electron chi connectivity index (χ2n) is 6.40. The average Bonchev–Trinajstić information content (AvgIpc) is 2.62. The number of nitrogens with one attached hydrogen (secondary N) is 1. The molecule has 1 saturated carbocycles. The maximum absolute atomic E-state index is 5.82. The van der Waals surface area contributed by atoms with E-state index in [2.05, 4.69) is 26.1 Å². The number of hydrogen-bond acceptors (Lipinski definition) is 2. The van der Waals surface area contributed by atoms with Gasteiger partial charge in [-0.05, 0) is 50.9 Å². The second kappa shape index (κ2) is 5.05. The van der Waals surface area contributed by atoms with Gasteiger partial charge in [-0.2, -0.15) is 0 Å². The lowest BCUT2D eigenvalue weighted by Gasteiger charge is -2.34. The smallest absolute Gasteiger partial charge is 0.0779 e. The summed E-state index contributed by atoms with van der Waals surface area (Å²) in [6.07, 6.45) is 6.56. The fraction of sp³-hybridized carbons (Fsp3) is 1.00. The maximum Gasteiger partial charge on any atom is 0.0779 e. The van der Waals surface area contributed by atoms with Crippen molar-refractivity contribution in [2.45, 2.75) is 64.5 Å². The molecular weight excluding hydrogens is 198 g/mol. The summed E-state index contributed by atoms with van der Waals surface area (Å²) in [5, 5.41) is 3.74. The first-order valence-electron chi connectivity index (χ1n) is 6.95. The van der Waals surface area contributed by atoms with Crippen LogP contribution in [0.15, 0.2) is 0 Å². The van der Waals surface area contributed by atoms with Crippen molar-refractivity contribution in [3.05, 3.63) is 0 Å². The van der Waals surface area contributed by atoms with Crippen molar-refractivity contribution in [2.75, 3.05) is 13.2 Å². The molecule has 0 spiro atoms. The van der Waals surface area contributed by atoms with Crippen molar-refractivity contribution in [3.8, 4) is 0 Å². The Bertz CT molecular complexity index is 213. The van der Waals surface area contributed by atoms with Crippen molar-refractivity contribution in [1.29, 1.82) is 0 Å². The molecule has 3 atom stereocenters. The highest BCUT2D eigenvalue weighted by molar-refractivity contribution is 4.86. The molecule has 2 rings (SSSR count). The first-order valence-corrected chi connectivity index (χ1v) is 6.95. The molecule has 0 bridgehead atoms. The standard InChI is InChI=1S/C14H27NO/c1-11-7-12(2)9-13(8-11)15-10-14(3)5-4-6-16-14/h11-13,15H,4-10H2,1-3H3. The van der Waals surface area contributed by atoms with Crippen molar-refractivity contribution in [1.82, 2.24) is 5.32 Å². The fourth-order valence-corrected chi connectivity index (χ4v) is 3.45. The van der Waals surface area contributed by atoms with E-state index < -0.39 is 0 Å². The van der Waals surface area contributed by atoms with Crippen LogP contribution in [0.25, 0.3) is 0 Å². The molecule has 1 N–H and O–H groups in total. The molecule has 1 heterocycles. The van der Waals surface area contributed by atoms with Crippen LogP contribution in [0.5, 0.6) is 0 Å². The summed E-state index contributed by atoms with van der Waals surface area (Å²) in [5.74, 6) is 1.78. The lowest BCUT2D eigenvalue weighted by molar-refractivity contribution is 0.0164. The molecule has 2 nitrogen and oxygen atoms in total. The molecule has 0 amide bonds. The summed E-state index contributed by atoms with van der Waals surface area (Å²) in [7, 11) is 0. The van der Waals surface area contributed by atoms with Gasteiger partial charge in [0, 0.05) is 19.2 Å². The van der Waals surface area contributed by atoms with Gasteiger partial charge < -0.3 is 10.1 Å². The number of ether oxygens (including phenoxy) is 1. The summed E-state index contributed by atoms with van der Waals surface area (Å²) in [6.45, 7) is 9.02. The van der Waals surface area contributed by atoms with Gasteiger partial charge in [-0.25, -0.2) is 0 Å². The molecule has 1 saturated heterocycles. The summed E-state index contributed by atoms with van der Waals surface area (Å²) < 4.78 is 5.82. The minimum atomic E-state index is 0.115. The van der Waals surface area contributed by atoms with Crippen LogP contribution in [0.1, 0.15) is 52.9 Å². The van der Waals surface area contributed by atoms with E-state index in [0.29, 0.717) is 0 Å². The van der Waals surface area contributed by atoms with Gasteiger partial charge in [0.25, 0.3) is 0 Å². The highest BCUT2D eigenvalue weighted by Gasteiger charge is 2.31. The molecule has 2 fully saturated rings. The van der Waals surface area contributed by atoms with Crippen molar-refractivity contribution >= 4 is 0 Å². The van der Waals surface area contributed by atoms with Gasteiger partial charge in [0.15, 0.2) is 0 Å². The van der Waals surface area contributed by atoms with E-state index >= 15 is 0 Å². The Labute approximate surface area is 100 Å². The van der Waals surface area contributed by atoms with E-state index in [4.69, 9.17) is 4.74 Å². The molecule has 2 heteroatoms. The molecule has 16 heavy (non-hydrogen) atoms. The van der Waals surface area contributed by atoms with E-state index in [1.54, 1.807) is 0 Å². The third-order valence-corrected chi connectivity index (χ3v) is 4.24. The van der Waals surface area contributed by atoms with Crippen molar-refractivity contribution in [3.63, 3.8) is 0 Å². The van der Waals surface area contributed by atoms with E-state index in [-0.39, 0.29) is 5.60 Å². The third kappa shape index (κ3) is 3.21. The SMILES string of the molecule is CC1CC(C)CC(NCC2(C)CCCO2)C1. The molecule has 0 aromatic carbocycles. The second-order valence-corrected chi connectivity index (χ2v) is 6.40. The fourth-order valence-electron chi connectivity index (χ4n) is 3.45. The zero-order valence-electron chi connectivity index (χ0n) is 11.1. The third-order valence-electron chi connectivity index (χ3n) is 4.24. The Morgan fingerprint density at radius 3 is 2.44 bits per heavy atom. The van der Waals surface area contributed by atoms with Crippen LogP contribution < -0.4 is 5.32 Å². The zero-order chi connectivity index (χ0) is 11.6. The molecule has 94 valence electrons. The quantitative estimate of drug-likeness (QED) is 0.797. The van der Waals surface area contributed by atoms with Crippen LogP contribution in [-0.4, -0.2) is 24.8 Å². The molecule has 2 aliphatic rings. The maximum atomic E-state index is 5.82. The predicted octanol–water partition coefficient (Wildman–Crippen LogP) is 2.97. The van der Waals surface area contributed by atoms with Crippen LogP contribution >= 0.6 is 0 Å². The van der Waals surface area contributed by atoms with Gasteiger partial charge in [0.2, 0.25) is 0 Å². The molecule has 3 unspecified atom stereocenters. The lowest BCUT2D eigenvalue weighted by atomic mass is 9.80. The minimum absolute atomic E-state index is 0.115. The number of hydrogen-bond donors (Lipinski definition) is 1. The van der Waals surface area contributed by atoms with Crippen LogP contribution in [-0.2, 0) is 4.74 Å². The molecule has 1 aliphatic carbocycles. The van der Waals surface area contributed by atoms with Crippen LogP contribution in [0.4, 0.5) is 0 Å². The zero-order valence-corrected chi connectivity index (χ0v) is 11.1. The Hall–Kier alpha value is -0.0800. The predicted molar refractivity (Wildman–Crippen MR) is 67.6 cm³/mol. The van der Waals surface area contributed by atoms with E-state index in [9.17, 15) is 0 Å². The first-order chi connectivity index (χ1) is 7.57. The summed E-state index contributed by atoms with van der Waals surface area (Å²) in [4.78, 5) is 0. The van der Waals surface area contributed by atoms with Crippen LogP contribution in [0.3, 0.4) is 0 Å². The van der Waals surface area contributed by atoms with Crippen LogP contribution in [0, 0.1) is 11.8 Å². The summed E-state index contributed by atoms with van der Waals surface area (Å²) in [5.41, 5.74) is 0.115. The van der Waals surface area contributed by atoms with Gasteiger partial charge in [-0.1, -0.05) is 13.8 Å². The van der Waals surface area contributed by atoms with Crippen molar-refractivity contribution < 1.29 is 4.74 Å². The Kier molecular flexibility index (Phi) is 3.91. The highest BCUT2D eigenvalue weighted by atomic mass is 16.5. The van der Waals surface area contributed by atoms with Gasteiger partial charge >= 0.3 is 0 Å².